The Bertz CT molecular complexity index is 841. The second kappa shape index (κ2) is 7.92. The third-order valence-electron chi connectivity index (χ3n) is 4.45. The van der Waals surface area contributed by atoms with Crippen LogP contribution >= 0.6 is 0 Å². The van der Waals surface area contributed by atoms with Gasteiger partial charge < -0.3 is 9.88 Å². The summed E-state index contributed by atoms with van der Waals surface area (Å²) in [6, 6.07) is 11.7. The maximum absolute atomic E-state index is 12.8. The summed E-state index contributed by atoms with van der Waals surface area (Å²) in [5, 5.41) is 3.08. The average molecular weight is 336 g/mol. The molecule has 0 saturated heterocycles. The number of nitrogens with one attached hydrogen (secondary N) is 1. The minimum atomic E-state index is -0.236. The summed E-state index contributed by atoms with van der Waals surface area (Å²) in [4.78, 5) is 21.5. The van der Waals surface area contributed by atoms with Gasteiger partial charge in [-0.1, -0.05) is 26.0 Å². The van der Waals surface area contributed by atoms with Gasteiger partial charge in [-0.2, -0.15) is 0 Å². The van der Waals surface area contributed by atoms with Gasteiger partial charge in [-0.3, -0.25) is 9.78 Å². The first-order chi connectivity index (χ1) is 12.2. The van der Waals surface area contributed by atoms with Gasteiger partial charge in [-0.15, -0.1) is 0 Å². The molecule has 0 aliphatic rings. The van der Waals surface area contributed by atoms with Crippen LogP contribution in [-0.2, 0) is 17.6 Å². The van der Waals surface area contributed by atoms with Gasteiger partial charge in [0.2, 0.25) is 5.91 Å². The Morgan fingerprint density at radius 3 is 2.64 bits per heavy atom. The molecule has 2 aromatic heterocycles. The van der Waals surface area contributed by atoms with Gasteiger partial charge in [0.1, 0.15) is 11.9 Å². The predicted molar refractivity (Wildman–Crippen MR) is 99.4 cm³/mol. The summed E-state index contributed by atoms with van der Waals surface area (Å²) in [6.07, 6.45) is 5.88. The normalized spacial score (nSPS) is 12.2. The molecule has 1 N–H and O–H groups in total. The lowest BCUT2D eigenvalue weighted by Gasteiger charge is -2.20. The third-order valence-corrected chi connectivity index (χ3v) is 4.45. The quantitative estimate of drug-likeness (QED) is 0.720. The van der Waals surface area contributed by atoms with Crippen LogP contribution in [0.5, 0.6) is 0 Å². The number of rotatable bonds is 7. The van der Waals surface area contributed by atoms with E-state index in [9.17, 15) is 4.79 Å². The van der Waals surface area contributed by atoms with Crippen LogP contribution < -0.4 is 5.32 Å². The number of para-hydroxylation sites is 2. The van der Waals surface area contributed by atoms with Crippen molar-refractivity contribution in [1.29, 1.82) is 0 Å². The van der Waals surface area contributed by atoms with Crippen LogP contribution in [0.4, 0.5) is 0 Å². The molecule has 3 aromatic rings. The van der Waals surface area contributed by atoms with Crippen molar-refractivity contribution < 1.29 is 4.79 Å². The standard InChI is InChI=1S/C20H24N4O/c1-3-17(20(25)22-14-11-15-9-12-21-13-10-15)24-18-8-6-5-7-16(18)23-19(24)4-2/h5-10,12-13,17H,3-4,11,14H2,1-2H3,(H,22,25). The molecule has 0 bridgehead atoms. The number of pyridine rings is 1. The summed E-state index contributed by atoms with van der Waals surface area (Å²) < 4.78 is 2.09. The molecular weight excluding hydrogens is 312 g/mol. The van der Waals surface area contributed by atoms with E-state index in [0.29, 0.717) is 6.54 Å². The number of carbonyl (C=O) groups is 1. The summed E-state index contributed by atoms with van der Waals surface area (Å²) in [7, 11) is 0. The zero-order valence-electron chi connectivity index (χ0n) is 14.8. The van der Waals surface area contributed by atoms with E-state index in [2.05, 4.69) is 26.8 Å². The number of benzene rings is 1. The zero-order valence-corrected chi connectivity index (χ0v) is 14.8. The van der Waals surface area contributed by atoms with Crippen LogP contribution in [0.3, 0.4) is 0 Å². The highest BCUT2D eigenvalue weighted by molar-refractivity contribution is 5.84. The number of imidazole rings is 1. The molecule has 0 spiro atoms. The molecule has 1 aromatic carbocycles. The van der Waals surface area contributed by atoms with Crippen LogP contribution in [0.2, 0.25) is 0 Å². The minimum absolute atomic E-state index is 0.0504. The summed E-state index contributed by atoms with van der Waals surface area (Å²) >= 11 is 0. The van der Waals surface area contributed by atoms with Crippen LogP contribution in [0.15, 0.2) is 48.8 Å². The van der Waals surface area contributed by atoms with Crippen molar-refractivity contribution in [2.75, 3.05) is 6.54 Å². The monoisotopic (exact) mass is 336 g/mol. The van der Waals surface area contributed by atoms with Gasteiger partial charge in [0.15, 0.2) is 0 Å². The fraction of sp³-hybridized carbons (Fsp3) is 0.350. The fourth-order valence-corrected chi connectivity index (χ4v) is 3.17. The predicted octanol–water partition coefficient (Wildman–Crippen LogP) is 3.30. The van der Waals surface area contributed by atoms with Crippen LogP contribution in [0.1, 0.15) is 37.7 Å². The fourth-order valence-electron chi connectivity index (χ4n) is 3.17. The van der Waals surface area contributed by atoms with E-state index in [4.69, 9.17) is 0 Å². The molecule has 5 heteroatoms. The average Bonchev–Trinajstić information content (AvgIpc) is 3.02. The molecule has 0 fully saturated rings. The molecule has 1 atom stereocenters. The van der Waals surface area contributed by atoms with Crippen molar-refractivity contribution in [3.63, 3.8) is 0 Å². The number of aryl methyl sites for hydroxylation is 1. The van der Waals surface area contributed by atoms with Crippen molar-refractivity contribution in [3.8, 4) is 0 Å². The Labute approximate surface area is 148 Å². The number of hydrogen-bond acceptors (Lipinski definition) is 3. The first kappa shape index (κ1) is 17.1. The molecular formula is C20H24N4O. The Morgan fingerprint density at radius 2 is 1.92 bits per heavy atom. The van der Waals surface area contributed by atoms with E-state index in [0.717, 1.165) is 36.1 Å². The Balaban J connectivity index is 1.76. The maximum Gasteiger partial charge on any atom is 0.243 e. The largest absolute Gasteiger partial charge is 0.354 e. The molecule has 1 amide bonds. The van der Waals surface area contributed by atoms with Crippen molar-refractivity contribution in [1.82, 2.24) is 19.9 Å². The number of carbonyl (C=O) groups excluding carboxylic acids is 1. The van der Waals surface area contributed by atoms with Crippen LogP contribution in [0, 0.1) is 0 Å². The molecule has 5 nitrogen and oxygen atoms in total. The highest BCUT2D eigenvalue weighted by Crippen LogP contribution is 2.24. The Kier molecular flexibility index (Phi) is 5.43. The lowest BCUT2D eigenvalue weighted by atomic mass is 10.1. The van der Waals surface area contributed by atoms with Crippen LogP contribution in [-0.4, -0.2) is 27.0 Å². The van der Waals surface area contributed by atoms with Gasteiger partial charge in [0, 0.05) is 25.4 Å². The Morgan fingerprint density at radius 1 is 1.16 bits per heavy atom. The van der Waals surface area contributed by atoms with Gasteiger partial charge in [0.25, 0.3) is 0 Å². The first-order valence-corrected chi connectivity index (χ1v) is 8.87. The van der Waals surface area contributed by atoms with Crippen molar-refractivity contribution in [2.24, 2.45) is 0 Å². The summed E-state index contributed by atoms with van der Waals surface area (Å²) in [6.45, 7) is 4.74. The molecule has 0 radical (unpaired) electrons. The molecule has 1 unspecified atom stereocenters. The number of nitrogens with zero attached hydrogens (tertiary/aromatic N) is 3. The number of amides is 1. The molecule has 0 aliphatic heterocycles. The van der Waals surface area contributed by atoms with Gasteiger partial charge in [-0.25, -0.2) is 4.98 Å². The molecule has 3 rings (SSSR count). The van der Waals surface area contributed by atoms with E-state index in [-0.39, 0.29) is 11.9 Å². The zero-order chi connectivity index (χ0) is 17.6. The Hall–Kier alpha value is -2.69. The van der Waals surface area contributed by atoms with Gasteiger partial charge in [-0.05, 0) is 42.7 Å². The second-order valence-electron chi connectivity index (χ2n) is 6.06. The van der Waals surface area contributed by atoms with Crippen molar-refractivity contribution in [3.05, 3.63) is 60.2 Å². The second-order valence-corrected chi connectivity index (χ2v) is 6.06. The SMILES string of the molecule is CCc1nc2ccccc2n1C(CC)C(=O)NCCc1ccncc1. The smallest absolute Gasteiger partial charge is 0.243 e. The molecule has 130 valence electrons. The van der Waals surface area contributed by atoms with E-state index in [1.165, 1.54) is 5.56 Å². The topological polar surface area (TPSA) is 59.8 Å². The number of hydrogen-bond donors (Lipinski definition) is 1. The molecule has 0 aliphatic carbocycles. The maximum atomic E-state index is 12.8. The summed E-state index contributed by atoms with van der Waals surface area (Å²) in [5.74, 6) is 1.01. The van der Waals surface area contributed by atoms with E-state index in [1.807, 2.05) is 43.3 Å². The molecule has 0 saturated carbocycles. The molecule has 2 heterocycles. The third kappa shape index (κ3) is 3.71. The number of fused-ring (bicyclic) bond motifs is 1. The minimum Gasteiger partial charge on any atom is -0.354 e. The van der Waals surface area contributed by atoms with Gasteiger partial charge in [0.05, 0.1) is 11.0 Å². The van der Waals surface area contributed by atoms with E-state index < -0.39 is 0 Å². The van der Waals surface area contributed by atoms with Gasteiger partial charge >= 0.3 is 0 Å². The van der Waals surface area contributed by atoms with Crippen molar-refractivity contribution in [2.45, 2.75) is 39.2 Å². The lowest BCUT2D eigenvalue weighted by Crippen LogP contribution is -2.34. The number of aromatic nitrogens is 3. The summed E-state index contributed by atoms with van der Waals surface area (Å²) in [5.41, 5.74) is 3.14. The highest BCUT2D eigenvalue weighted by atomic mass is 16.2. The van der Waals surface area contributed by atoms with E-state index >= 15 is 0 Å². The highest BCUT2D eigenvalue weighted by Gasteiger charge is 2.23. The lowest BCUT2D eigenvalue weighted by molar-refractivity contribution is -0.124. The first-order valence-electron chi connectivity index (χ1n) is 8.87. The van der Waals surface area contributed by atoms with Crippen molar-refractivity contribution >= 4 is 16.9 Å². The molecule has 25 heavy (non-hydrogen) atoms. The van der Waals surface area contributed by atoms with E-state index in [1.54, 1.807) is 12.4 Å². The van der Waals surface area contributed by atoms with Crippen LogP contribution in [0.25, 0.3) is 11.0 Å².